The number of methoxy groups -OCH3 is 1. The van der Waals surface area contributed by atoms with Crippen LogP contribution in [0.1, 0.15) is 45.0 Å². The molecule has 2 aromatic heterocycles. The number of aryl methyl sites for hydroxylation is 1. The summed E-state index contributed by atoms with van der Waals surface area (Å²) in [7, 11) is 3.25. The van der Waals surface area contributed by atoms with Gasteiger partial charge in [-0.1, -0.05) is 11.3 Å². The highest BCUT2D eigenvalue weighted by Gasteiger charge is 2.37. The second kappa shape index (κ2) is 10.2. The number of anilines is 2. The smallest absolute Gasteiger partial charge is 0.410 e. The van der Waals surface area contributed by atoms with Crippen molar-refractivity contribution < 1.29 is 23.5 Å². The molecule has 0 aliphatic carbocycles. The Kier molecular flexibility index (Phi) is 7.07. The standard InChI is InChI=1S/C28H33FN6O4S/c1-15-16(2)35(27(37)39-28(3,4)5)11-10-34(15)21-9-8-19(23-24(21)40-26(31-23)38-7)25(36)30-18-12-17-14-33(6)32-22(17)20(29)13-18/h8-9,12-16H,10-11H2,1-7H3,(H,30,36). The molecule has 2 unspecified atom stereocenters. The summed E-state index contributed by atoms with van der Waals surface area (Å²) in [5, 5.41) is 7.93. The lowest BCUT2D eigenvalue weighted by Gasteiger charge is -2.46. The number of nitrogens with one attached hydrogen (secondary N) is 1. The van der Waals surface area contributed by atoms with Gasteiger partial charge in [-0.05, 0) is 58.9 Å². The van der Waals surface area contributed by atoms with Gasteiger partial charge in [-0.25, -0.2) is 14.2 Å². The molecular weight excluding hydrogens is 535 g/mol. The van der Waals surface area contributed by atoms with E-state index in [1.54, 1.807) is 30.3 Å². The SMILES string of the molecule is COc1nc2c(C(=O)Nc3cc(F)c4nn(C)cc4c3)ccc(N3CCN(C(=O)OC(C)(C)C)C(C)C3C)c2s1. The van der Waals surface area contributed by atoms with Crippen LogP contribution in [0.5, 0.6) is 5.19 Å². The lowest BCUT2D eigenvalue weighted by Crippen LogP contribution is -2.59. The molecule has 1 N–H and O–H groups in total. The number of rotatable bonds is 4. The fourth-order valence-corrected chi connectivity index (χ4v) is 5.95. The predicted molar refractivity (Wildman–Crippen MR) is 154 cm³/mol. The fourth-order valence-electron chi connectivity index (χ4n) is 5.01. The Morgan fingerprint density at radius 1 is 1.12 bits per heavy atom. The van der Waals surface area contributed by atoms with Gasteiger partial charge in [-0.2, -0.15) is 5.10 Å². The van der Waals surface area contributed by atoms with E-state index in [0.717, 1.165) is 10.4 Å². The first-order valence-corrected chi connectivity index (χ1v) is 13.9. The number of nitrogens with zero attached hydrogens (tertiary/aromatic N) is 5. The molecular formula is C28H33FN6O4S. The number of amides is 2. The molecule has 1 aliphatic heterocycles. The maximum Gasteiger partial charge on any atom is 0.410 e. The Morgan fingerprint density at radius 2 is 1.88 bits per heavy atom. The van der Waals surface area contributed by atoms with E-state index in [9.17, 15) is 14.0 Å². The maximum atomic E-state index is 14.6. The maximum absolute atomic E-state index is 14.6. The predicted octanol–water partition coefficient (Wildman–Crippen LogP) is 5.42. The van der Waals surface area contributed by atoms with Crippen LogP contribution in [0.3, 0.4) is 0 Å². The number of benzene rings is 2. The summed E-state index contributed by atoms with van der Waals surface area (Å²) in [4.78, 5) is 34.8. The van der Waals surface area contributed by atoms with Gasteiger partial charge in [0.15, 0.2) is 5.82 Å². The number of aromatic nitrogens is 3. The molecule has 2 amide bonds. The van der Waals surface area contributed by atoms with Crippen LogP contribution < -0.4 is 15.0 Å². The van der Waals surface area contributed by atoms with E-state index in [1.807, 2.05) is 33.8 Å². The summed E-state index contributed by atoms with van der Waals surface area (Å²) in [6, 6.07) is 6.41. The summed E-state index contributed by atoms with van der Waals surface area (Å²) in [5.41, 5.74) is 1.73. The zero-order chi connectivity index (χ0) is 28.9. The Labute approximate surface area is 235 Å². The average Bonchev–Trinajstić information content (AvgIpc) is 3.47. The third-order valence-corrected chi connectivity index (χ3v) is 8.10. The number of fused-ring (bicyclic) bond motifs is 2. The van der Waals surface area contributed by atoms with Crippen LogP contribution >= 0.6 is 11.3 Å². The number of piperazine rings is 1. The topological polar surface area (TPSA) is 102 Å². The van der Waals surface area contributed by atoms with Crippen molar-refractivity contribution in [1.29, 1.82) is 0 Å². The van der Waals surface area contributed by atoms with Crippen molar-refractivity contribution in [1.82, 2.24) is 19.7 Å². The highest BCUT2D eigenvalue weighted by Crippen LogP contribution is 2.39. The van der Waals surface area contributed by atoms with E-state index in [1.165, 1.54) is 29.2 Å². The van der Waals surface area contributed by atoms with Crippen LogP contribution in [0.15, 0.2) is 30.5 Å². The highest BCUT2D eigenvalue weighted by atomic mass is 32.1. The van der Waals surface area contributed by atoms with Gasteiger partial charge in [0, 0.05) is 43.4 Å². The van der Waals surface area contributed by atoms with Crippen LogP contribution in [-0.4, -0.2) is 69.5 Å². The van der Waals surface area contributed by atoms with Crippen LogP contribution in [0.25, 0.3) is 21.1 Å². The van der Waals surface area contributed by atoms with Crippen molar-refractivity contribution >= 4 is 55.8 Å². The van der Waals surface area contributed by atoms with Crippen molar-refractivity contribution in [2.24, 2.45) is 7.05 Å². The summed E-state index contributed by atoms with van der Waals surface area (Å²) >= 11 is 1.35. The van der Waals surface area contributed by atoms with Gasteiger partial charge in [-0.15, -0.1) is 0 Å². The van der Waals surface area contributed by atoms with Crippen LogP contribution in [-0.2, 0) is 11.8 Å². The van der Waals surface area contributed by atoms with Crippen molar-refractivity contribution in [3.8, 4) is 5.19 Å². The van der Waals surface area contributed by atoms with Gasteiger partial charge in [0.1, 0.15) is 16.6 Å². The van der Waals surface area contributed by atoms with E-state index >= 15 is 0 Å². The Bertz CT molecular complexity index is 1610. The number of carbonyl (C=O) groups excluding carboxylic acids is 2. The first kappa shape index (κ1) is 27.6. The van der Waals surface area contributed by atoms with Crippen molar-refractivity contribution in [2.75, 3.05) is 30.4 Å². The average molecular weight is 569 g/mol. The summed E-state index contributed by atoms with van der Waals surface area (Å²) < 4.78 is 28.0. The van der Waals surface area contributed by atoms with E-state index in [0.29, 0.717) is 40.4 Å². The zero-order valence-electron chi connectivity index (χ0n) is 23.6. The number of thiazole rings is 1. The molecule has 1 aliphatic rings. The quantitative estimate of drug-likeness (QED) is 0.351. The zero-order valence-corrected chi connectivity index (χ0v) is 24.4. The van der Waals surface area contributed by atoms with Crippen LogP contribution in [0.4, 0.5) is 20.6 Å². The molecule has 1 saturated heterocycles. The van der Waals surface area contributed by atoms with Gasteiger partial charge in [0.2, 0.25) is 0 Å². The van der Waals surface area contributed by atoms with E-state index < -0.39 is 17.3 Å². The normalized spacial score (nSPS) is 17.9. The van der Waals surface area contributed by atoms with Crippen LogP contribution in [0, 0.1) is 5.82 Å². The number of ether oxygens (including phenoxy) is 2. The number of carbonyl (C=O) groups is 2. The second-order valence-corrected chi connectivity index (χ2v) is 12.0. The van der Waals surface area contributed by atoms with E-state index in [2.05, 4.69) is 27.2 Å². The number of halogens is 1. The Balaban J connectivity index is 1.44. The molecule has 12 heteroatoms. The van der Waals surface area contributed by atoms with Gasteiger partial charge >= 0.3 is 6.09 Å². The molecule has 2 aromatic carbocycles. The molecule has 0 saturated carbocycles. The molecule has 0 bridgehead atoms. The molecule has 0 spiro atoms. The molecule has 10 nitrogen and oxygen atoms in total. The lowest BCUT2D eigenvalue weighted by molar-refractivity contribution is 0.0120. The fraction of sp³-hybridized carbons (Fsp3) is 0.429. The minimum Gasteiger partial charge on any atom is -0.473 e. The summed E-state index contributed by atoms with van der Waals surface area (Å²) in [6.07, 6.45) is 1.36. The van der Waals surface area contributed by atoms with Gasteiger partial charge in [0.05, 0.1) is 29.1 Å². The number of hydrogen-bond acceptors (Lipinski definition) is 8. The van der Waals surface area contributed by atoms with Crippen molar-refractivity contribution in [3.63, 3.8) is 0 Å². The molecule has 3 heterocycles. The minimum absolute atomic E-state index is 0.0357. The summed E-state index contributed by atoms with van der Waals surface area (Å²) in [6.45, 7) is 10.7. The van der Waals surface area contributed by atoms with Gasteiger partial charge in [-0.3, -0.25) is 9.48 Å². The van der Waals surface area contributed by atoms with Crippen LogP contribution in [0.2, 0.25) is 0 Å². The second-order valence-electron chi connectivity index (χ2n) is 11.0. The first-order valence-electron chi connectivity index (χ1n) is 13.0. The first-order chi connectivity index (χ1) is 18.9. The monoisotopic (exact) mass is 568 g/mol. The molecule has 40 heavy (non-hydrogen) atoms. The molecule has 212 valence electrons. The Hall–Kier alpha value is -3.93. The third-order valence-electron chi connectivity index (χ3n) is 7.06. The van der Waals surface area contributed by atoms with E-state index in [-0.39, 0.29) is 23.7 Å². The highest BCUT2D eigenvalue weighted by molar-refractivity contribution is 7.21. The molecule has 5 rings (SSSR count). The Morgan fingerprint density at radius 3 is 2.58 bits per heavy atom. The minimum atomic E-state index is -0.575. The van der Waals surface area contributed by atoms with Gasteiger partial charge < -0.3 is 24.6 Å². The molecule has 0 radical (unpaired) electrons. The van der Waals surface area contributed by atoms with E-state index in [4.69, 9.17) is 9.47 Å². The van der Waals surface area contributed by atoms with Crippen molar-refractivity contribution in [3.05, 3.63) is 41.8 Å². The molecule has 4 aromatic rings. The number of hydrogen-bond donors (Lipinski definition) is 1. The van der Waals surface area contributed by atoms with Gasteiger partial charge in [0.25, 0.3) is 11.1 Å². The molecule has 2 atom stereocenters. The molecule has 1 fully saturated rings. The summed E-state index contributed by atoms with van der Waals surface area (Å²) in [5.74, 6) is -0.929. The third kappa shape index (κ3) is 5.15. The van der Waals surface area contributed by atoms with Crippen molar-refractivity contribution in [2.45, 2.75) is 52.3 Å². The lowest BCUT2D eigenvalue weighted by atomic mass is 10.0. The largest absolute Gasteiger partial charge is 0.473 e.